The molecule has 1 heterocycles. The van der Waals surface area contributed by atoms with Gasteiger partial charge in [-0.2, -0.15) is 0 Å². The molecule has 1 aliphatic carbocycles. The highest BCUT2D eigenvalue weighted by atomic mass is 35.5. The lowest BCUT2D eigenvalue weighted by Crippen LogP contribution is -2.57. The van der Waals surface area contributed by atoms with Crippen molar-refractivity contribution in [2.45, 2.75) is 24.8 Å². The van der Waals surface area contributed by atoms with Crippen LogP contribution in [0.1, 0.15) is 29.6 Å². The zero-order chi connectivity index (χ0) is 14.0. The number of likely N-dealkylation sites (N-methyl/N-ethyl adjacent to an activating group) is 2. The molecule has 1 amide bonds. The molecular formula is C14H20ClN3O. The van der Waals surface area contributed by atoms with E-state index in [9.17, 15) is 4.79 Å². The molecule has 1 fully saturated rings. The first-order valence-corrected chi connectivity index (χ1v) is 6.87. The van der Waals surface area contributed by atoms with Gasteiger partial charge in [-0.1, -0.05) is 11.6 Å². The molecule has 1 saturated carbocycles. The van der Waals surface area contributed by atoms with E-state index in [4.69, 9.17) is 11.6 Å². The standard InChI is InChI=1S/C14H20ClN3O/c1-17(2)14(7-5-8-14)10-18(3)13(19)11-6-4-9-16-12(11)15/h4,6,9H,5,7-8,10H2,1-3H3. The maximum Gasteiger partial charge on any atom is 0.256 e. The summed E-state index contributed by atoms with van der Waals surface area (Å²) in [7, 11) is 5.98. The van der Waals surface area contributed by atoms with Gasteiger partial charge in [0.25, 0.3) is 5.91 Å². The number of hydrogen-bond acceptors (Lipinski definition) is 3. The zero-order valence-electron chi connectivity index (χ0n) is 11.7. The summed E-state index contributed by atoms with van der Waals surface area (Å²) >= 11 is 5.98. The Morgan fingerprint density at radius 3 is 2.58 bits per heavy atom. The van der Waals surface area contributed by atoms with E-state index in [1.807, 2.05) is 7.05 Å². The summed E-state index contributed by atoms with van der Waals surface area (Å²) in [6.07, 6.45) is 5.09. The monoisotopic (exact) mass is 281 g/mol. The summed E-state index contributed by atoms with van der Waals surface area (Å²) in [6.45, 7) is 0.726. The van der Waals surface area contributed by atoms with Crippen LogP contribution in [-0.4, -0.2) is 53.9 Å². The number of carbonyl (C=O) groups excluding carboxylic acids is 1. The van der Waals surface area contributed by atoms with E-state index < -0.39 is 0 Å². The summed E-state index contributed by atoms with van der Waals surface area (Å²) in [6, 6.07) is 3.45. The van der Waals surface area contributed by atoms with Crippen LogP contribution in [0.4, 0.5) is 0 Å². The van der Waals surface area contributed by atoms with Crippen molar-refractivity contribution in [2.75, 3.05) is 27.7 Å². The van der Waals surface area contributed by atoms with Crippen LogP contribution in [0, 0.1) is 0 Å². The lowest BCUT2D eigenvalue weighted by molar-refractivity contribution is 0.0252. The smallest absolute Gasteiger partial charge is 0.256 e. The van der Waals surface area contributed by atoms with E-state index in [0.717, 1.165) is 19.4 Å². The van der Waals surface area contributed by atoms with E-state index in [0.29, 0.717) is 5.56 Å². The van der Waals surface area contributed by atoms with Gasteiger partial charge in [0.1, 0.15) is 5.15 Å². The molecular weight excluding hydrogens is 262 g/mol. The van der Waals surface area contributed by atoms with Gasteiger partial charge in [0.05, 0.1) is 5.56 Å². The van der Waals surface area contributed by atoms with Crippen LogP contribution in [-0.2, 0) is 0 Å². The number of halogens is 1. The second kappa shape index (κ2) is 5.47. The number of hydrogen-bond donors (Lipinski definition) is 0. The quantitative estimate of drug-likeness (QED) is 0.795. The fourth-order valence-corrected chi connectivity index (χ4v) is 2.80. The first-order chi connectivity index (χ1) is 8.96. The minimum Gasteiger partial charge on any atom is -0.340 e. The Labute approximate surface area is 119 Å². The van der Waals surface area contributed by atoms with Gasteiger partial charge in [0.15, 0.2) is 0 Å². The summed E-state index contributed by atoms with van der Waals surface area (Å²) in [5.74, 6) is -0.0637. The molecule has 2 rings (SSSR count). The molecule has 0 radical (unpaired) electrons. The van der Waals surface area contributed by atoms with Crippen LogP contribution in [0.3, 0.4) is 0 Å². The van der Waals surface area contributed by atoms with Crippen LogP contribution in [0.5, 0.6) is 0 Å². The van der Waals surface area contributed by atoms with Gasteiger partial charge in [-0.15, -0.1) is 0 Å². The van der Waals surface area contributed by atoms with Gasteiger partial charge in [0, 0.05) is 25.3 Å². The predicted molar refractivity (Wildman–Crippen MR) is 76.5 cm³/mol. The van der Waals surface area contributed by atoms with Crippen molar-refractivity contribution in [3.05, 3.63) is 29.0 Å². The molecule has 0 saturated heterocycles. The third-order valence-corrected chi connectivity index (χ3v) is 4.40. The minimum absolute atomic E-state index is 0.0637. The molecule has 4 nitrogen and oxygen atoms in total. The summed E-state index contributed by atoms with van der Waals surface area (Å²) in [5.41, 5.74) is 0.596. The number of amides is 1. The van der Waals surface area contributed by atoms with Crippen molar-refractivity contribution in [3.63, 3.8) is 0 Å². The average molecular weight is 282 g/mol. The van der Waals surface area contributed by atoms with Gasteiger partial charge in [-0.25, -0.2) is 4.98 Å². The third kappa shape index (κ3) is 2.74. The molecule has 0 spiro atoms. The fraction of sp³-hybridized carbons (Fsp3) is 0.571. The molecule has 1 aromatic heterocycles. The largest absolute Gasteiger partial charge is 0.340 e. The van der Waals surface area contributed by atoms with E-state index in [1.54, 1.807) is 23.2 Å². The van der Waals surface area contributed by atoms with Crippen LogP contribution in [0.15, 0.2) is 18.3 Å². The molecule has 0 aromatic carbocycles. The molecule has 0 aliphatic heterocycles. The summed E-state index contributed by atoms with van der Waals surface area (Å²) in [5, 5.41) is 0.270. The maximum absolute atomic E-state index is 12.4. The van der Waals surface area contributed by atoms with Crippen molar-refractivity contribution in [3.8, 4) is 0 Å². The Morgan fingerprint density at radius 2 is 2.11 bits per heavy atom. The topological polar surface area (TPSA) is 36.4 Å². The van der Waals surface area contributed by atoms with Gasteiger partial charge in [-0.05, 0) is 45.5 Å². The van der Waals surface area contributed by atoms with E-state index in [2.05, 4.69) is 24.0 Å². The Hall–Kier alpha value is -1.13. The Balaban J connectivity index is 2.10. The highest BCUT2D eigenvalue weighted by Gasteiger charge is 2.40. The molecule has 1 aliphatic rings. The number of carbonyl (C=O) groups is 1. The Bertz CT molecular complexity index is 472. The molecule has 0 N–H and O–H groups in total. The number of aromatic nitrogens is 1. The Morgan fingerprint density at radius 1 is 1.42 bits per heavy atom. The second-order valence-electron chi connectivity index (χ2n) is 5.48. The summed E-state index contributed by atoms with van der Waals surface area (Å²) < 4.78 is 0. The van der Waals surface area contributed by atoms with Crippen molar-refractivity contribution in [2.24, 2.45) is 0 Å². The second-order valence-corrected chi connectivity index (χ2v) is 5.83. The first-order valence-electron chi connectivity index (χ1n) is 6.50. The minimum atomic E-state index is -0.0637. The lowest BCUT2D eigenvalue weighted by atomic mass is 9.75. The van der Waals surface area contributed by atoms with E-state index in [-0.39, 0.29) is 16.6 Å². The molecule has 0 atom stereocenters. The maximum atomic E-state index is 12.4. The van der Waals surface area contributed by atoms with Crippen LogP contribution < -0.4 is 0 Å². The van der Waals surface area contributed by atoms with E-state index in [1.165, 1.54) is 6.42 Å². The molecule has 5 heteroatoms. The molecule has 104 valence electrons. The number of rotatable bonds is 4. The molecule has 19 heavy (non-hydrogen) atoms. The SMILES string of the molecule is CN(CC1(N(C)C)CCC1)C(=O)c1cccnc1Cl. The average Bonchev–Trinajstić information content (AvgIpc) is 2.32. The number of pyridine rings is 1. The fourth-order valence-electron chi connectivity index (χ4n) is 2.60. The van der Waals surface area contributed by atoms with Crippen molar-refractivity contribution < 1.29 is 4.79 Å². The van der Waals surface area contributed by atoms with Crippen LogP contribution in [0.25, 0.3) is 0 Å². The predicted octanol–water partition coefficient (Wildman–Crippen LogP) is 2.29. The normalized spacial score (nSPS) is 17.1. The van der Waals surface area contributed by atoms with Crippen molar-refractivity contribution >= 4 is 17.5 Å². The summed E-state index contributed by atoms with van der Waals surface area (Å²) in [4.78, 5) is 20.3. The highest BCUT2D eigenvalue weighted by molar-refractivity contribution is 6.32. The molecule has 0 bridgehead atoms. The van der Waals surface area contributed by atoms with Crippen molar-refractivity contribution in [1.82, 2.24) is 14.8 Å². The van der Waals surface area contributed by atoms with Gasteiger partial charge >= 0.3 is 0 Å². The van der Waals surface area contributed by atoms with E-state index >= 15 is 0 Å². The van der Waals surface area contributed by atoms with Crippen LogP contribution in [0.2, 0.25) is 5.15 Å². The Kier molecular flexibility index (Phi) is 4.11. The van der Waals surface area contributed by atoms with Crippen molar-refractivity contribution in [1.29, 1.82) is 0 Å². The highest BCUT2D eigenvalue weighted by Crippen LogP contribution is 2.36. The van der Waals surface area contributed by atoms with Gasteiger partial charge in [-0.3, -0.25) is 4.79 Å². The molecule has 0 unspecified atom stereocenters. The van der Waals surface area contributed by atoms with Crippen LogP contribution >= 0.6 is 11.6 Å². The van der Waals surface area contributed by atoms with Gasteiger partial charge < -0.3 is 9.80 Å². The van der Waals surface area contributed by atoms with Gasteiger partial charge in [0.2, 0.25) is 0 Å². The lowest BCUT2D eigenvalue weighted by Gasteiger charge is -2.49. The zero-order valence-corrected chi connectivity index (χ0v) is 12.4. The molecule has 1 aromatic rings. The first kappa shape index (κ1) is 14.3. The number of nitrogens with zero attached hydrogens (tertiary/aromatic N) is 3. The third-order valence-electron chi connectivity index (χ3n) is 4.10.